The summed E-state index contributed by atoms with van der Waals surface area (Å²) < 4.78 is 6.25. The van der Waals surface area contributed by atoms with Crippen LogP contribution in [0.5, 0.6) is 0 Å². The Labute approximate surface area is 165 Å². The number of anilines is 1. The van der Waals surface area contributed by atoms with Gasteiger partial charge in [-0.15, -0.1) is 11.3 Å². The summed E-state index contributed by atoms with van der Waals surface area (Å²) >= 11 is 1.82. The number of nitrogens with zero attached hydrogens (tertiary/aromatic N) is 2. The third kappa shape index (κ3) is 4.45. The van der Waals surface area contributed by atoms with Crippen molar-refractivity contribution in [3.05, 3.63) is 29.6 Å². The van der Waals surface area contributed by atoms with Crippen LogP contribution in [0.3, 0.4) is 0 Å². The molecule has 6 heteroatoms. The highest BCUT2D eigenvalue weighted by Crippen LogP contribution is 2.32. The topological polar surface area (TPSA) is 44.8 Å². The molecule has 1 aliphatic heterocycles. The molecule has 2 aliphatic rings. The number of carbonyl (C=O) groups is 1. The number of hydrogen-bond donors (Lipinski definition) is 1. The number of nitrogens with one attached hydrogen (secondary N) is 1. The molecule has 1 aromatic carbocycles. The first-order chi connectivity index (χ1) is 13.2. The van der Waals surface area contributed by atoms with E-state index >= 15 is 0 Å². The van der Waals surface area contributed by atoms with E-state index in [-0.39, 0.29) is 12.5 Å². The summed E-state index contributed by atoms with van der Waals surface area (Å²) in [7, 11) is 1.56. The number of rotatable bonds is 7. The van der Waals surface area contributed by atoms with Crippen LogP contribution < -0.4 is 10.2 Å². The van der Waals surface area contributed by atoms with Crippen molar-refractivity contribution < 1.29 is 9.53 Å². The molecule has 146 valence electrons. The number of methoxy groups -OCH3 is 1. The van der Waals surface area contributed by atoms with Gasteiger partial charge in [0.15, 0.2) is 0 Å². The number of amides is 1. The molecule has 0 atom stereocenters. The van der Waals surface area contributed by atoms with Gasteiger partial charge in [-0.1, -0.05) is 6.07 Å². The van der Waals surface area contributed by atoms with Gasteiger partial charge >= 0.3 is 0 Å². The molecule has 2 heterocycles. The zero-order chi connectivity index (χ0) is 18.6. The van der Waals surface area contributed by atoms with Gasteiger partial charge in [0, 0.05) is 55.1 Å². The van der Waals surface area contributed by atoms with Crippen molar-refractivity contribution in [1.29, 1.82) is 0 Å². The second-order valence-corrected chi connectivity index (χ2v) is 8.71. The van der Waals surface area contributed by atoms with Crippen molar-refractivity contribution in [2.75, 3.05) is 51.3 Å². The van der Waals surface area contributed by atoms with Crippen molar-refractivity contribution >= 4 is 33.0 Å². The number of ether oxygens (including phenoxy) is 1. The van der Waals surface area contributed by atoms with Crippen LogP contribution >= 0.6 is 11.3 Å². The van der Waals surface area contributed by atoms with Crippen molar-refractivity contribution in [3.63, 3.8) is 0 Å². The van der Waals surface area contributed by atoms with Gasteiger partial charge in [0.2, 0.25) is 5.91 Å². The van der Waals surface area contributed by atoms with Crippen LogP contribution in [-0.2, 0) is 9.53 Å². The van der Waals surface area contributed by atoms with Crippen molar-refractivity contribution in [1.82, 2.24) is 10.2 Å². The Hall–Kier alpha value is -1.63. The number of carbonyl (C=O) groups excluding carboxylic acids is 1. The van der Waals surface area contributed by atoms with Gasteiger partial charge < -0.3 is 15.0 Å². The average Bonchev–Trinajstić information content (AvgIpc) is 3.13. The van der Waals surface area contributed by atoms with E-state index in [0.717, 1.165) is 44.9 Å². The molecule has 4 rings (SSSR count). The highest BCUT2D eigenvalue weighted by molar-refractivity contribution is 7.17. The normalized spacial score (nSPS) is 23.4. The molecule has 1 aromatic heterocycles. The molecule has 2 fully saturated rings. The number of piperazine rings is 1. The molecule has 0 bridgehead atoms. The standard InChI is InChI=1S/C21H29N3O2S/c1-26-15-21(25)22-17-13-16(14-17)5-7-23-8-10-24(11-9-23)19-3-2-4-20-18(19)6-12-27-20/h2-4,6,12,16-17H,5,7-11,13-15H2,1H3,(H,22,25)/t16-,17-. The van der Waals surface area contributed by atoms with Crippen LogP contribution in [-0.4, -0.2) is 63.3 Å². The minimum Gasteiger partial charge on any atom is -0.375 e. The van der Waals surface area contributed by atoms with Crippen LogP contribution in [0.25, 0.3) is 10.1 Å². The van der Waals surface area contributed by atoms with Crippen LogP contribution in [0.15, 0.2) is 29.6 Å². The Morgan fingerprint density at radius 3 is 2.81 bits per heavy atom. The van der Waals surface area contributed by atoms with Gasteiger partial charge in [0.1, 0.15) is 6.61 Å². The zero-order valence-electron chi connectivity index (χ0n) is 16.0. The van der Waals surface area contributed by atoms with Gasteiger partial charge in [-0.25, -0.2) is 0 Å². The monoisotopic (exact) mass is 387 g/mol. The Balaban J connectivity index is 1.18. The van der Waals surface area contributed by atoms with Gasteiger partial charge in [0.25, 0.3) is 0 Å². The Morgan fingerprint density at radius 2 is 2.04 bits per heavy atom. The quantitative estimate of drug-likeness (QED) is 0.793. The molecule has 27 heavy (non-hydrogen) atoms. The van der Waals surface area contributed by atoms with E-state index < -0.39 is 0 Å². The van der Waals surface area contributed by atoms with Crippen LogP contribution in [0.1, 0.15) is 19.3 Å². The van der Waals surface area contributed by atoms with Crippen molar-refractivity contribution in [3.8, 4) is 0 Å². The summed E-state index contributed by atoms with van der Waals surface area (Å²) in [5.41, 5.74) is 1.39. The first-order valence-electron chi connectivity index (χ1n) is 9.95. The summed E-state index contributed by atoms with van der Waals surface area (Å²) in [4.78, 5) is 16.7. The van der Waals surface area contributed by atoms with E-state index in [2.05, 4.69) is 44.8 Å². The molecule has 5 nitrogen and oxygen atoms in total. The van der Waals surface area contributed by atoms with Gasteiger partial charge in [0.05, 0.1) is 0 Å². The molecule has 1 aliphatic carbocycles. The fourth-order valence-corrected chi connectivity index (χ4v) is 5.13. The van der Waals surface area contributed by atoms with E-state index in [9.17, 15) is 4.79 Å². The van der Waals surface area contributed by atoms with Crippen molar-refractivity contribution in [2.45, 2.75) is 25.3 Å². The Bertz CT molecular complexity index is 764. The van der Waals surface area contributed by atoms with Gasteiger partial charge in [-0.3, -0.25) is 9.69 Å². The molecule has 1 N–H and O–H groups in total. The van der Waals surface area contributed by atoms with E-state index in [4.69, 9.17) is 4.74 Å². The lowest BCUT2D eigenvalue weighted by molar-refractivity contribution is -0.126. The largest absolute Gasteiger partial charge is 0.375 e. The summed E-state index contributed by atoms with van der Waals surface area (Å²) in [6, 6.07) is 9.26. The molecule has 1 amide bonds. The van der Waals surface area contributed by atoms with Gasteiger partial charge in [-0.2, -0.15) is 0 Å². The Kier molecular flexibility index (Phi) is 5.95. The molecular formula is C21H29N3O2S. The molecule has 2 aromatic rings. The summed E-state index contributed by atoms with van der Waals surface area (Å²) in [6.07, 6.45) is 3.49. The number of hydrogen-bond acceptors (Lipinski definition) is 5. The third-order valence-corrected chi connectivity index (χ3v) is 6.80. The highest BCUT2D eigenvalue weighted by atomic mass is 32.1. The maximum Gasteiger partial charge on any atom is 0.246 e. The maximum atomic E-state index is 11.5. The SMILES string of the molecule is COCC(=O)N[C@H]1C[C@H](CCN2CCN(c3cccc4sccc34)CC2)C1. The van der Waals surface area contributed by atoms with E-state index in [1.54, 1.807) is 7.11 Å². The van der Waals surface area contributed by atoms with E-state index in [1.807, 2.05) is 11.3 Å². The van der Waals surface area contributed by atoms with Crippen LogP contribution in [0.4, 0.5) is 5.69 Å². The van der Waals surface area contributed by atoms with E-state index in [0.29, 0.717) is 6.04 Å². The minimum atomic E-state index is 0.0118. The molecule has 0 spiro atoms. The second-order valence-electron chi connectivity index (χ2n) is 7.76. The predicted molar refractivity (Wildman–Crippen MR) is 112 cm³/mol. The van der Waals surface area contributed by atoms with Crippen LogP contribution in [0, 0.1) is 5.92 Å². The summed E-state index contributed by atoms with van der Waals surface area (Å²) in [5, 5.41) is 6.62. The lowest BCUT2D eigenvalue weighted by Gasteiger charge is -2.39. The number of benzene rings is 1. The molecule has 1 saturated heterocycles. The van der Waals surface area contributed by atoms with E-state index in [1.165, 1.54) is 28.7 Å². The van der Waals surface area contributed by atoms with Crippen LogP contribution in [0.2, 0.25) is 0 Å². The zero-order valence-corrected chi connectivity index (χ0v) is 16.8. The third-order valence-electron chi connectivity index (χ3n) is 5.92. The minimum absolute atomic E-state index is 0.0118. The maximum absolute atomic E-state index is 11.5. The first-order valence-corrected chi connectivity index (χ1v) is 10.8. The molecule has 1 saturated carbocycles. The average molecular weight is 388 g/mol. The lowest BCUT2D eigenvalue weighted by atomic mass is 9.78. The summed E-state index contributed by atoms with van der Waals surface area (Å²) in [5.74, 6) is 0.771. The predicted octanol–water partition coefficient (Wildman–Crippen LogP) is 2.95. The number of fused-ring (bicyclic) bond motifs is 1. The fraction of sp³-hybridized carbons (Fsp3) is 0.571. The smallest absolute Gasteiger partial charge is 0.246 e. The summed E-state index contributed by atoms with van der Waals surface area (Å²) in [6.45, 7) is 5.84. The Morgan fingerprint density at radius 1 is 1.22 bits per heavy atom. The van der Waals surface area contributed by atoms with Gasteiger partial charge in [-0.05, 0) is 55.3 Å². The molecule has 0 radical (unpaired) electrons. The fourth-order valence-electron chi connectivity index (χ4n) is 4.32. The molecular weight excluding hydrogens is 358 g/mol. The highest BCUT2D eigenvalue weighted by Gasteiger charge is 2.30. The first kappa shape index (κ1) is 18.7. The number of thiophene rings is 1. The molecule has 0 unspecified atom stereocenters. The van der Waals surface area contributed by atoms with Crippen molar-refractivity contribution in [2.24, 2.45) is 5.92 Å². The second kappa shape index (κ2) is 8.59. The lowest BCUT2D eigenvalue weighted by Crippen LogP contribution is -2.49.